The van der Waals surface area contributed by atoms with Gasteiger partial charge >= 0.3 is 5.16 Å². The van der Waals surface area contributed by atoms with Crippen LogP contribution < -0.4 is 15.1 Å². The number of aromatic nitrogens is 3. The van der Waals surface area contributed by atoms with Gasteiger partial charge in [-0.2, -0.15) is 5.10 Å². The summed E-state index contributed by atoms with van der Waals surface area (Å²) in [6.07, 6.45) is 1.33. The van der Waals surface area contributed by atoms with Crippen molar-refractivity contribution >= 4 is 55.7 Å². The van der Waals surface area contributed by atoms with E-state index < -0.39 is 0 Å². The zero-order valence-corrected chi connectivity index (χ0v) is 20.6. The zero-order valence-electron chi connectivity index (χ0n) is 16.6. The molecule has 0 fully saturated rings. The molecule has 1 heterocycles. The summed E-state index contributed by atoms with van der Waals surface area (Å²) in [5, 5.41) is 23.7. The lowest BCUT2D eigenvalue weighted by Gasteiger charge is -2.09. The SMILES string of the molecule is C=C(C)C[n+]1c(SCC(=O)N/N=C/c2cc(Br)ccc2[O-])n[nH]c1-c1ccc(Br)cc1. The first-order chi connectivity index (χ1) is 14.8. The molecule has 2 aromatic carbocycles. The molecule has 0 saturated heterocycles. The fourth-order valence-corrected chi connectivity index (χ4v) is 4.02. The van der Waals surface area contributed by atoms with Crippen LogP contribution in [0.2, 0.25) is 0 Å². The van der Waals surface area contributed by atoms with Gasteiger partial charge in [-0.05, 0) is 66.2 Å². The predicted molar refractivity (Wildman–Crippen MR) is 127 cm³/mol. The summed E-state index contributed by atoms with van der Waals surface area (Å²) in [5.74, 6) is 0.460. The van der Waals surface area contributed by atoms with Crippen LogP contribution in [0.5, 0.6) is 5.75 Å². The molecular formula is C21H19Br2N5O2S. The number of carbonyl (C=O) groups is 1. The number of halogens is 2. The van der Waals surface area contributed by atoms with Crippen LogP contribution in [0.4, 0.5) is 0 Å². The average molecular weight is 565 g/mol. The predicted octanol–water partition coefficient (Wildman–Crippen LogP) is 3.78. The molecule has 2 N–H and O–H groups in total. The quantitative estimate of drug-likeness (QED) is 0.143. The van der Waals surface area contributed by atoms with E-state index in [1.807, 2.05) is 35.8 Å². The molecular weight excluding hydrogens is 546 g/mol. The summed E-state index contributed by atoms with van der Waals surface area (Å²) >= 11 is 8.02. The molecule has 0 bridgehead atoms. The summed E-state index contributed by atoms with van der Waals surface area (Å²) in [7, 11) is 0. The van der Waals surface area contributed by atoms with E-state index in [1.54, 1.807) is 12.1 Å². The van der Waals surface area contributed by atoms with E-state index in [0.717, 1.165) is 25.9 Å². The molecule has 1 aromatic heterocycles. The smallest absolute Gasteiger partial charge is 0.337 e. The molecule has 0 radical (unpaired) electrons. The minimum Gasteiger partial charge on any atom is -0.872 e. The number of thioether (sulfide) groups is 1. The number of allylic oxidation sites excluding steroid dienone is 1. The molecule has 160 valence electrons. The van der Waals surface area contributed by atoms with Gasteiger partial charge in [-0.25, -0.2) is 9.99 Å². The number of nitrogens with zero attached hydrogens (tertiary/aromatic N) is 3. The van der Waals surface area contributed by atoms with Crippen LogP contribution in [0.25, 0.3) is 11.4 Å². The van der Waals surface area contributed by atoms with E-state index in [1.165, 1.54) is 24.0 Å². The number of aromatic amines is 1. The van der Waals surface area contributed by atoms with Crippen LogP contribution in [0.1, 0.15) is 12.5 Å². The normalized spacial score (nSPS) is 11.1. The second-order valence-corrected chi connectivity index (χ2v) is 9.44. The number of hydrazone groups is 1. The Morgan fingerprint density at radius 1 is 1.29 bits per heavy atom. The summed E-state index contributed by atoms with van der Waals surface area (Å²) in [5.41, 5.74) is 4.75. The van der Waals surface area contributed by atoms with Gasteiger partial charge in [-0.3, -0.25) is 4.79 Å². The van der Waals surface area contributed by atoms with Crippen molar-refractivity contribution in [1.29, 1.82) is 0 Å². The molecule has 0 aliphatic heterocycles. The monoisotopic (exact) mass is 563 g/mol. The van der Waals surface area contributed by atoms with Gasteiger partial charge in [0.15, 0.2) is 0 Å². The van der Waals surface area contributed by atoms with Gasteiger partial charge in [0, 0.05) is 8.95 Å². The van der Waals surface area contributed by atoms with Crippen LogP contribution in [0.3, 0.4) is 0 Å². The van der Waals surface area contributed by atoms with E-state index in [-0.39, 0.29) is 17.4 Å². The van der Waals surface area contributed by atoms with Crippen LogP contribution in [-0.2, 0) is 11.3 Å². The van der Waals surface area contributed by atoms with Gasteiger partial charge in [0.2, 0.25) is 0 Å². The van der Waals surface area contributed by atoms with Crippen molar-refractivity contribution in [3.05, 3.63) is 69.1 Å². The summed E-state index contributed by atoms with van der Waals surface area (Å²) in [6, 6.07) is 12.6. The molecule has 0 aliphatic carbocycles. The van der Waals surface area contributed by atoms with Crippen molar-refractivity contribution in [2.75, 3.05) is 5.75 Å². The number of rotatable bonds is 8. The van der Waals surface area contributed by atoms with Gasteiger partial charge in [0.05, 0.1) is 29.2 Å². The number of H-pyrrole nitrogens is 1. The summed E-state index contributed by atoms with van der Waals surface area (Å²) in [4.78, 5) is 12.2. The maximum Gasteiger partial charge on any atom is 0.337 e. The highest BCUT2D eigenvalue weighted by Gasteiger charge is 2.22. The number of hydrogen-bond donors (Lipinski definition) is 2. The highest BCUT2D eigenvalue weighted by atomic mass is 79.9. The minimum atomic E-state index is -0.307. The molecule has 0 unspecified atom stereocenters. The lowest BCUT2D eigenvalue weighted by atomic mass is 10.2. The summed E-state index contributed by atoms with van der Waals surface area (Å²) < 4.78 is 3.73. The van der Waals surface area contributed by atoms with E-state index in [9.17, 15) is 9.90 Å². The lowest BCUT2D eigenvalue weighted by molar-refractivity contribution is -0.715. The number of carbonyl (C=O) groups excluding carboxylic acids is 1. The number of benzene rings is 2. The third-order valence-electron chi connectivity index (χ3n) is 4.00. The Morgan fingerprint density at radius 3 is 2.71 bits per heavy atom. The molecule has 0 saturated carbocycles. The molecule has 1 amide bonds. The minimum absolute atomic E-state index is 0.112. The van der Waals surface area contributed by atoms with Crippen molar-refractivity contribution in [2.45, 2.75) is 18.6 Å². The largest absolute Gasteiger partial charge is 0.872 e. The molecule has 0 aliphatic rings. The van der Waals surface area contributed by atoms with E-state index in [4.69, 9.17) is 0 Å². The first-order valence-electron chi connectivity index (χ1n) is 9.13. The van der Waals surface area contributed by atoms with Crippen LogP contribution in [0, 0.1) is 0 Å². The van der Waals surface area contributed by atoms with Crippen LogP contribution in [-0.4, -0.2) is 28.1 Å². The fraction of sp³-hybridized carbons (Fsp3) is 0.143. The second kappa shape index (κ2) is 10.7. The standard InChI is InChI=1S/C21H19Br2N5O2S/c1-13(2)11-28-20(14-3-5-16(22)6-4-14)26-27-21(28)31-12-19(30)25-24-10-15-9-17(23)7-8-18(15)29/h3-10H,1,11-12H2,2H3,(H2,24,25,29,30). The molecule has 3 rings (SSSR count). The molecule has 7 nitrogen and oxygen atoms in total. The molecule has 3 aromatic rings. The van der Waals surface area contributed by atoms with Crippen molar-refractivity contribution < 1.29 is 14.5 Å². The summed E-state index contributed by atoms with van der Waals surface area (Å²) in [6.45, 7) is 6.50. The molecule has 31 heavy (non-hydrogen) atoms. The molecule has 10 heteroatoms. The first kappa shape index (κ1) is 23.2. The topological polar surface area (TPSA) is 97.1 Å². The van der Waals surface area contributed by atoms with Crippen LogP contribution in [0.15, 0.2) is 73.8 Å². The lowest BCUT2D eigenvalue weighted by Crippen LogP contribution is -2.37. The fourth-order valence-electron chi connectivity index (χ4n) is 2.63. The molecule has 0 atom stereocenters. The number of amides is 1. The highest BCUT2D eigenvalue weighted by Crippen LogP contribution is 2.21. The zero-order chi connectivity index (χ0) is 22.4. The Morgan fingerprint density at radius 2 is 2.00 bits per heavy atom. The first-order valence-corrected chi connectivity index (χ1v) is 11.7. The Bertz CT molecular complexity index is 1130. The highest BCUT2D eigenvalue weighted by molar-refractivity contribution is 9.10. The Kier molecular flexibility index (Phi) is 8.05. The van der Waals surface area contributed by atoms with Crippen molar-refractivity contribution in [1.82, 2.24) is 15.6 Å². The van der Waals surface area contributed by atoms with E-state index >= 15 is 0 Å². The van der Waals surface area contributed by atoms with E-state index in [0.29, 0.717) is 17.3 Å². The molecule has 0 spiro atoms. The number of nitrogens with one attached hydrogen (secondary N) is 2. The Hall–Kier alpha value is -2.43. The van der Waals surface area contributed by atoms with Crippen molar-refractivity contribution in [2.24, 2.45) is 5.10 Å². The van der Waals surface area contributed by atoms with Gasteiger partial charge in [-0.1, -0.05) is 50.3 Å². The second-order valence-electron chi connectivity index (χ2n) is 6.67. The van der Waals surface area contributed by atoms with Gasteiger partial charge in [-0.15, -0.1) is 5.10 Å². The Balaban J connectivity index is 1.67. The Labute approximate surface area is 200 Å². The number of hydrogen-bond acceptors (Lipinski definition) is 5. The van der Waals surface area contributed by atoms with E-state index in [2.05, 4.69) is 59.2 Å². The third-order valence-corrected chi connectivity index (χ3v) is 6.00. The van der Waals surface area contributed by atoms with Gasteiger partial charge < -0.3 is 5.11 Å². The maximum atomic E-state index is 12.2. The third kappa shape index (κ3) is 6.52. The average Bonchev–Trinajstić information content (AvgIpc) is 3.11. The van der Waals surface area contributed by atoms with Gasteiger partial charge in [0.1, 0.15) is 0 Å². The maximum absolute atomic E-state index is 12.2. The van der Waals surface area contributed by atoms with Crippen molar-refractivity contribution in [3.8, 4) is 17.1 Å². The van der Waals surface area contributed by atoms with Gasteiger partial charge in [0.25, 0.3) is 11.7 Å². The van der Waals surface area contributed by atoms with Crippen molar-refractivity contribution in [3.63, 3.8) is 0 Å². The van der Waals surface area contributed by atoms with Crippen LogP contribution >= 0.6 is 43.6 Å².